The van der Waals surface area contributed by atoms with Crippen LogP contribution in [-0.4, -0.2) is 56.4 Å². The summed E-state index contributed by atoms with van der Waals surface area (Å²) in [5.41, 5.74) is 2.40. The first kappa shape index (κ1) is 16.6. The van der Waals surface area contributed by atoms with E-state index in [2.05, 4.69) is 15.1 Å². The Bertz CT molecular complexity index is 686. The zero-order valence-corrected chi connectivity index (χ0v) is 14.2. The van der Waals surface area contributed by atoms with Crippen molar-refractivity contribution in [2.75, 3.05) is 19.8 Å². The molecule has 2 aromatic heterocycles. The fraction of sp³-hybridized carbons (Fsp3) is 0.529. The number of ether oxygens (including phenoxy) is 1. The molecular formula is C17H23N5O2. The Balaban J connectivity index is 1.71. The largest absolute Gasteiger partial charge is 0.377 e. The van der Waals surface area contributed by atoms with Crippen LogP contribution in [0.15, 0.2) is 24.8 Å². The summed E-state index contributed by atoms with van der Waals surface area (Å²) >= 11 is 0. The summed E-state index contributed by atoms with van der Waals surface area (Å²) in [5.74, 6) is 0.0413. The van der Waals surface area contributed by atoms with Gasteiger partial charge in [0.2, 0.25) is 0 Å². The highest BCUT2D eigenvalue weighted by Crippen LogP contribution is 2.18. The monoisotopic (exact) mass is 329 g/mol. The summed E-state index contributed by atoms with van der Waals surface area (Å²) in [7, 11) is 0. The average Bonchev–Trinajstić information content (AvgIpc) is 3.01. The Hall–Kier alpha value is -2.28. The molecule has 3 heterocycles. The van der Waals surface area contributed by atoms with Gasteiger partial charge in [-0.15, -0.1) is 0 Å². The van der Waals surface area contributed by atoms with Crippen molar-refractivity contribution in [1.29, 1.82) is 0 Å². The smallest absolute Gasteiger partial charge is 0.257 e. The van der Waals surface area contributed by atoms with E-state index in [4.69, 9.17) is 4.74 Å². The molecule has 1 aliphatic rings. The van der Waals surface area contributed by atoms with Crippen LogP contribution in [0.3, 0.4) is 0 Å². The minimum absolute atomic E-state index is 0.0413. The Morgan fingerprint density at radius 2 is 2.29 bits per heavy atom. The Labute approximate surface area is 141 Å². The number of carbonyl (C=O) groups is 1. The van der Waals surface area contributed by atoms with Gasteiger partial charge in [0.05, 0.1) is 36.2 Å². The molecule has 0 bridgehead atoms. The van der Waals surface area contributed by atoms with Crippen molar-refractivity contribution in [3.8, 4) is 0 Å². The molecule has 1 saturated heterocycles. The molecule has 1 amide bonds. The number of morpholine rings is 1. The van der Waals surface area contributed by atoms with Crippen LogP contribution in [0.5, 0.6) is 0 Å². The third-order valence-corrected chi connectivity index (χ3v) is 4.34. The van der Waals surface area contributed by atoms with Crippen LogP contribution in [0.2, 0.25) is 0 Å². The van der Waals surface area contributed by atoms with Crippen LogP contribution >= 0.6 is 0 Å². The van der Waals surface area contributed by atoms with E-state index in [1.165, 1.54) is 0 Å². The first-order valence-electron chi connectivity index (χ1n) is 8.36. The molecule has 0 unspecified atom stereocenters. The minimum atomic E-state index is 0.0413. The SMILES string of the molecule is CCn1cc(C(=O)N2CCOC[C@H]2CCc2cnccn2)c(C)n1. The van der Waals surface area contributed by atoms with Crippen molar-refractivity contribution >= 4 is 5.91 Å². The molecule has 1 aliphatic heterocycles. The lowest BCUT2D eigenvalue weighted by molar-refractivity contribution is -0.00417. The van der Waals surface area contributed by atoms with Crippen molar-refractivity contribution in [3.05, 3.63) is 41.7 Å². The summed E-state index contributed by atoms with van der Waals surface area (Å²) in [6.07, 6.45) is 8.55. The summed E-state index contributed by atoms with van der Waals surface area (Å²) < 4.78 is 7.40. The van der Waals surface area contributed by atoms with Crippen LogP contribution < -0.4 is 0 Å². The highest BCUT2D eigenvalue weighted by Gasteiger charge is 2.29. The summed E-state index contributed by atoms with van der Waals surface area (Å²) in [6, 6.07) is 0.0534. The fourth-order valence-corrected chi connectivity index (χ4v) is 2.98. The van der Waals surface area contributed by atoms with Gasteiger partial charge in [-0.1, -0.05) is 0 Å². The molecule has 0 radical (unpaired) electrons. The van der Waals surface area contributed by atoms with Gasteiger partial charge in [-0.25, -0.2) is 0 Å². The molecule has 24 heavy (non-hydrogen) atoms. The number of carbonyl (C=O) groups excluding carboxylic acids is 1. The van der Waals surface area contributed by atoms with Crippen molar-refractivity contribution in [3.63, 3.8) is 0 Å². The maximum atomic E-state index is 13.0. The van der Waals surface area contributed by atoms with Gasteiger partial charge in [0.25, 0.3) is 5.91 Å². The van der Waals surface area contributed by atoms with E-state index in [0.29, 0.717) is 25.3 Å². The van der Waals surface area contributed by atoms with Gasteiger partial charge in [0.15, 0.2) is 0 Å². The predicted octanol–water partition coefficient (Wildman–Crippen LogP) is 1.48. The highest BCUT2D eigenvalue weighted by molar-refractivity contribution is 5.95. The number of nitrogens with zero attached hydrogens (tertiary/aromatic N) is 5. The normalized spacial score (nSPS) is 17.9. The van der Waals surface area contributed by atoms with Gasteiger partial charge in [-0.05, 0) is 26.7 Å². The maximum Gasteiger partial charge on any atom is 0.257 e. The zero-order valence-electron chi connectivity index (χ0n) is 14.2. The Morgan fingerprint density at radius 1 is 1.42 bits per heavy atom. The first-order valence-corrected chi connectivity index (χ1v) is 8.36. The van der Waals surface area contributed by atoms with E-state index in [0.717, 1.165) is 30.8 Å². The van der Waals surface area contributed by atoms with Gasteiger partial charge in [-0.2, -0.15) is 5.10 Å². The summed E-state index contributed by atoms with van der Waals surface area (Å²) in [6.45, 7) is 6.41. The summed E-state index contributed by atoms with van der Waals surface area (Å²) in [5, 5.41) is 4.38. The minimum Gasteiger partial charge on any atom is -0.377 e. The van der Waals surface area contributed by atoms with Crippen molar-refractivity contribution in [1.82, 2.24) is 24.6 Å². The molecule has 7 heteroatoms. The number of rotatable bonds is 5. The molecule has 0 spiro atoms. The van der Waals surface area contributed by atoms with Gasteiger partial charge >= 0.3 is 0 Å². The maximum absolute atomic E-state index is 13.0. The summed E-state index contributed by atoms with van der Waals surface area (Å²) in [4.78, 5) is 23.3. The number of amides is 1. The van der Waals surface area contributed by atoms with E-state index in [1.54, 1.807) is 23.3 Å². The van der Waals surface area contributed by atoms with Crippen molar-refractivity contribution < 1.29 is 9.53 Å². The van der Waals surface area contributed by atoms with Gasteiger partial charge in [0, 0.05) is 37.9 Å². The topological polar surface area (TPSA) is 73.1 Å². The molecule has 0 aromatic carbocycles. The van der Waals surface area contributed by atoms with E-state index in [9.17, 15) is 4.79 Å². The van der Waals surface area contributed by atoms with E-state index >= 15 is 0 Å². The van der Waals surface area contributed by atoms with Crippen LogP contribution in [0, 0.1) is 6.92 Å². The lowest BCUT2D eigenvalue weighted by Crippen LogP contribution is -2.49. The lowest BCUT2D eigenvalue weighted by atomic mass is 10.1. The van der Waals surface area contributed by atoms with Gasteiger partial charge in [-0.3, -0.25) is 19.4 Å². The predicted molar refractivity (Wildman–Crippen MR) is 88.6 cm³/mol. The van der Waals surface area contributed by atoms with Gasteiger partial charge < -0.3 is 9.64 Å². The average molecular weight is 329 g/mol. The first-order chi connectivity index (χ1) is 11.7. The van der Waals surface area contributed by atoms with Crippen LogP contribution in [0.25, 0.3) is 0 Å². The van der Waals surface area contributed by atoms with Gasteiger partial charge in [0.1, 0.15) is 0 Å². The molecule has 0 N–H and O–H groups in total. The van der Waals surface area contributed by atoms with Crippen molar-refractivity contribution in [2.24, 2.45) is 0 Å². The molecule has 0 aliphatic carbocycles. The zero-order chi connectivity index (χ0) is 16.9. The second kappa shape index (κ2) is 7.53. The number of hydrogen-bond acceptors (Lipinski definition) is 5. The fourth-order valence-electron chi connectivity index (χ4n) is 2.98. The second-order valence-corrected chi connectivity index (χ2v) is 5.95. The highest BCUT2D eigenvalue weighted by atomic mass is 16.5. The quantitative estimate of drug-likeness (QED) is 0.831. The lowest BCUT2D eigenvalue weighted by Gasteiger charge is -2.35. The van der Waals surface area contributed by atoms with Crippen LogP contribution in [0.4, 0.5) is 0 Å². The standard InChI is InChI=1S/C17H23N5O2/c1-3-21-11-16(13(2)20-21)17(23)22-8-9-24-12-15(22)5-4-14-10-18-6-7-19-14/h6-7,10-11,15H,3-5,8-9,12H2,1-2H3/t15-/m1/s1. The van der Waals surface area contributed by atoms with E-state index in [1.807, 2.05) is 24.9 Å². The molecule has 1 atom stereocenters. The number of aromatic nitrogens is 4. The number of aryl methyl sites for hydroxylation is 3. The molecule has 3 rings (SSSR count). The van der Waals surface area contributed by atoms with Crippen molar-refractivity contribution in [2.45, 2.75) is 39.3 Å². The molecule has 2 aromatic rings. The third kappa shape index (κ3) is 3.62. The molecule has 7 nitrogen and oxygen atoms in total. The molecule has 0 saturated carbocycles. The Kier molecular flexibility index (Phi) is 5.20. The van der Waals surface area contributed by atoms with E-state index in [-0.39, 0.29) is 11.9 Å². The number of hydrogen-bond donors (Lipinski definition) is 0. The molecule has 1 fully saturated rings. The van der Waals surface area contributed by atoms with E-state index < -0.39 is 0 Å². The van der Waals surface area contributed by atoms with Crippen LogP contribution in [0.1, 0.15) is 35.1 Å². The Morgan fingerprint density at radius 3 is 3.00 bits per heavy atom. The van der Waals surface area contributed by atoms with Crippen LogP contribution in [-0.2, 0) is 17.7 Å². The molecule has 128 valence electrons. The second-order valence-electron chi connectivity index (χ2n) is 5.95. The molecular weight excluding hydrogens is 306 g/mol. The third-order valence-electron chi connectivity index (χ3n) is 4.34.